The third kappa shape index (κ3) is 1.56. The van der Waals surface area contributed by atoms with E-state index in [2.05, 4.69) is 0 Å². The lowest BCUT2D eigenvalue weighted by molar-refractivity contribution is 0.103. The van der Waals surface area contributed by atoms with Crippen molar-refractivity contribution in [2.75, 3.05) is 5.73 Å². The Morgan fingerprint density at radius 2 is 2.00 bits per heavy atom. The first-order chi connectivity index (χ1) is 5.25. The van der Waals surface area contributed by atoms with Crippen molar-refractivity contribution < 1.29 is 4.79 Å². The van der Waals surface area contributed by atoms with Gasteiger partial charge in [-0.05, 0) is 12.1 Å². The first-order valence-corrected chi connectivity index (χ1v) is 3.19. The van der Waals surface area contributed by atoms with Gasteiger partial charge in [-0.15, -0.1) is 0 Å². The van der Waals surface area contributed by atoms with Crippen LogP contribution in [0.1, 0.15) is 10.4 Å². The minimum atomic E-state index is -0.247. The molecule has 0 amide bonds. The van der Waals surface area contributed by atoms with Crippen LogP contribution in [0.5, 0.6) is 0 Å². The molecule has 0 saturated heterocycles. The molecule has 0 saturated carbocycles. The molecule has 1 aromatic carbocycles. The van der Waals surface area contributed by atoms with E-state index in [4.69, 9.17) is 11.5 Å². The van der Waals surface area contributed by atoms with Crippen molar-refractivity contribution >= 4 is 11.5 Å². The second kappa shape index (κ2) is 3.16. The minimum absolute atomic E-state index is 0.247. The van der Waals surface area contributed by atoms with Crippen molar-refractivity contribution in [2.45, 2.75) is 0 Å². The lowest BCUT2D eigenvalue weighted by atomic mass is 10.1. The first-order valence-electron chi connectivity index (χ1n) is 3.19. The van der Waals surface area contributed by atoms with Crippen LogP contribution in [0.25, 0.3) is 0 Å². The Morgan fingerprint density at radius 3 is 2.55 bits per heavy atom. The fourth-order valence-electron chi connectivity index (χ4n) is 0.811. The van der Waals surface area contributed by atoms with E-state index in [-0.39, 0.29) is 5.78 Å². The Hall–Kier alpha value is -1.35. The van der Waals surface area contributed by atoms with Gasteiger partial charge in [-0.2, -0.15) is 0 Å². The number of carbonyl (C=O) groups excluding carboxylic acids is 1. The summed E-state index contributed by atoms with van der Waals surface area (Å²) in [4.78, 5) is 11.0. The van der Waals surface area contributed by atoms with Gasteiger partial charge < -0.3 is 11.5 Å². The molecule has 3 nitrogen and oxygen atoms in total. The molecule has 0 fully saturated rings. The molecule has 0 aliphatic heterocycles. The zero-order valence-electron chi connectivity index (χ0n) is 5.95. The molecule has 1 rings (SSSR count). The number of nitrogens with two attached hydrogens (primary N) is 2. The second-order valence-corrected chi connectivity index (χ2v) is 2.12. The quantitative estimate of drug-likeness (QED) is 0.477. The summed E-state index contributed by atoms with van der Waals surface area (Å²) in [5, 5.41) is 0. The highest BCUT2D eigenvalue weighted by Crippen LogP contribution is 2.10. The molecule has 3 heteroatoms. The van der Waals surface area contributed by atoms with E-state index >= 15 is 0 Å². The molecule has 0 aliphatic carbocycles. The summed E-state index contributed by atoms with van der Waals surface area (Å²) >= 11 is 0. The van der Waals surface area contributed by atoms with E-state index in [0.29, 0.717) is 11.3 Å². The molecule has 0 atom stereocenters. The standard InChI is InChI=1S/C8H9N2O/c9-5-8(11)6-3-1-2-4-7(6)10/h1-5H,9-10H2. The fraction of sp³-hybridized carbons (Fsp3) is 0. The van der Waals surface area contributed by atoms with Crippen LogP contribution in [-0.2, 0) is 0 Å². The van der Waals surface area contributed by atoms with Crippen LogP contribution < -0.4 is 11.5 Å². The zero-order chi connectivity index (χ0) is 8.27. The van der Waals surface area contributed by atoms with E-state index in [1.165, 1.54) is 0 Å². The van der Waals surface area contributed by atoms with E-state index in [0.717, 1.165) is 6.54 Å². The maximum Gasteiger partial charge on any atom is 0.183 e. The Morgan fingerprint density at radius 1 is 1.36 bits per heavy atom. The average molecular weight is 149 g/mol. The minimum Gasteiger partial charge on any atom is -0.398 e. The summed E-state index contributed by atoms with van der Waals surface area (Å²) in [5.41, 5.74) is 11.5. The number of anilines is 1. The molecule has 0 aliphatic rings. The molecule has 11 heavy (non-hydrogen) atoms. The molecule has 0 bridgehead atoms. The van der Waals surface area contributed by atoms with Gasteiger partial charge in [0.15, 0.2) is 5.78 Å². The average Bonchev–Trinajstić information content (AvgIpc) is 2.04. The Balaban J connectivity index is 3.03. The Bertz CT molecular complexity index is 271. The topological polar surface area (TPSA) is 69.1 Å². The highest BCUT2D eigenvalue weighted by atomic mass is 16.1. The molecule has 0 heterocycles. The molecule has 4 N–H and O–H groups in total. The van der Waals surface area contributed by atoms with Crippen LogP contribution in [0.15, 0.2) is 24.3 Å². The van der Waals surface area contributed by atoms with Crippen LogP contribution in [0.2, 0.25) is 0 Å². The van der Waals surface area contributed by atoms with Gasteiger partial charge in [0.25, 0.3) is 0 Å². The fourth-order valence-corrected chi connectivity index (χ4v) is 0.811. The largest absolute Gasteiger partial charge is 0.398 e. The second-order valence-electron chi connectivity index (χ2n) is 2.12. The summed E-state index contributed by atoms with van der Waals surface area (Å²) in [6.45, 7) is 1.01. The molecule has 1 radical (unpaired) electrons. The summed E-state index contributed by atoms with van der Waals surface area (Å²) in [6, 6.07) is 6.81. The van der Waals surface area contributed by atoms with E-state index < -0.39 is 0 Å². The maximum atomic E-state index is 11.0. The number of rotatable bonds is 2. The van der Waals surface area contributed by atoms with Crippen LogP contribution in [0.4, 0.5) is 5.69 Å². The van der Waals surface area contributed by atoms with Gasteiger partial charge in [-0.1, -0.05) is 12.1 Å². The molecule has 0 aromatic heterocycles. The summed E-state index contributed by atoms with van der Waals surface area (Å²) in [6.07, 6.45) is 0. The van der Waals surface area contributed by atoms with Crippen LogP contribution >= 0.6 is 0 Å². The predicted octanol–water partition coefficient (Wildman–Crippen LogP) is 0.572. The highest BCUT2D eigenvalue weighted by molar-refractivity contribution is 6.05. The number of carbonyl (C=O) groups is 1. The van der Waals surface area contributed by atoms with Gasteiger partial charge in [0.2, 0.25) is 0 Å². The van der Waals surface area contributed by atoms with E-state index in [1.54, 1.807) is 24.3 Å². The first kappa shape index (κ1) is 7.75. The van der Waals surface area contributed by atoms with Crippen molar-refractivity contribution in [3.63, 3.8) is 0 Å². The summed E-state index contributed by atoms with van der Waals surface area (Å²) in [5.74, 6) is -0.247. The van der Waals surface area contributed by atoms with Crippen LogP contribution in [0, 0.1) is 6.54 Å². The lowest BCUT2D eigenvalue weighted by Crippen LogP contribution is -2.08. The van der Waals surface area contributed by atoms with E-state index in [1.807, 2.05) is 0 Å². The van der Waals surface area contributed by atoms with Crippen LogP contribution in [-0.4, -0.2) is 5.78 Å². The highest BCUT2D eigenvalue weighted by Gasteiger charge is 2.05. The van der Waals surface area contributed by atoms with Gasteiger partial charge in [0, 0.05) is 11.3 Å². The maximum absolute atomic E-state index is 11.0. The van der Waals surface area contributed by atoms with Crippen molar-refractivity contribution in [3.05, 3.63) is 36.4 Å². The molecule has 1 aromatic rings. The summed E-state index contributed by atoms with van der Waals surface area (Å²) < 4.78 is 0. The number of benzene rings is 1. The van der Waals surface area contributed by atoms with Gasteiger partial charge in [-0.25, -0.2) is 0 Å². The molecule has 0 spiro atoms. The van der Waals surface area contributed by atoms with Crippen molar-refractivity contribution in [1.82, 2.24) is 0 Å². The van der Waals surface area contributed by atoms with Crippen molar-refractivity contribution in [2.24, 2.45) is 5.73 Å². The van der Waals surface area contributed by atoms with Gasteiger partial charge in [-0.3, -0.25) is 4.79 Å². The van der Waals surface area contributed by atoms with E-state index in [9.17, 15) is 4.79 Å². The number of para-hydroxylation sites is 1. The smallest absolute Gasteiger partial charge is 0.183 e. The number of hydrogen-bond acceptors (Lipinski definition) is 3. The monoisotopic (exact) mass is 149 g/mol. The molecule has 0 unspecified atom stereocenters. The third-order valence-corrected chi connectivity index (χ3v) is 1.38. The number of hydrogen-bond donors (Lipinski definition) is 2. The van der Waals surface area contributed by atoms with Crippen LogP contribution in [0.3, 0.4) is 0 Å². The molecular formula is C8H9N2O. The van der Waals surface area contributed by atoms with Gasteiger partial charge in [0.1, 0.15) is 0 Å². The summed E-state index contributed by atoms with van der Waals surface area (Å²) in [7, 11) is 0. The zero-order valence-corrected chi connectivity index (χ0v) is 5.95. The third-order valence-electron chi connectivity index (χ3n) is 1.38. The number of Topliss-reactive ketones (excluding diaryl/α,β-unsaturated/α-hetero) is 1. The molecular weight excluding hydrogens is 140 g/mol. The lowest BCUT2D eigenvalue weighted by Gasteiger charge is -1.99. The Kier molecular flexibility index (Phi) is 2.23. The SMILES string of the molecule is N[CH]C(=O)c1ccccc1N. The number of nitrogen functional groups attached to an aromatic ring is 1. The predicted molar refractivity (Wildman–Crippen MR) is 43.7 cm³/mol. The van der Waals surface area contributed by atoms with Gasteiger partial charge in [0.05, 0.1) is 6.54 Å². The van der Waals surface area contributed by atoms with Crippen molar-refractivity contribution in [3.8, 4) is 0 Å². The van der Waals surface area contributed by atoms with Gasteiger partial charge >= 0.3 is 0 Å². The Labute approximate surface area is 65.0 Å². The number of ketones is 1. The molecule has 57 valence electrons. The normalized spacial score (nSPS) is 9.55. The van der Waals surface area contributed by atoms with Crippen molar-refractivity contribution in [1.29, 1.82) is 0 Å².